The SMILES string of the molecule is CCC(CC)C(=O)NCC(=O)Nc1c(C)cc(C)cc1Cl. The number of amides is 2. The summed E-state index contributed by atoms with van der Waals surface area (Å²) in [5.41, 5.74) is 2.54. The molecule has 0 aromatic heterocycles. The summed E-state index contributed by atoms with van der Waals surface area (Å²) in [6, 6.07) is 3.75. The number of halogens is 1. The molecule has 0 aliphatic rings. The summed E-state index contributed by atoms with van der Waals surface area (Å²) >= 11 is 6.13. The molecule has 1 rings (SSSR count). The van der Waals surface area contributed by atoms with Crippen LogP contribution in [0.1, 0.15) is 37.8 Å². The Morgan fingerprint density at radius 1 is 1.19 bits per heavy atom. The van der Waals surface area contributed by atoms with Gasteiger partial charge in [0.2, 0.25) is 11.8 Å². The van der Waals surface area contributed by atoms with Gasteiger partial charge in [-0.05, 0) is 43.9 Å². The van der Waals surface area contributed by atoms with Crippen molar-refractivity contribution in [2.75, 3.05) is 11.9 Å². The summed E-state index contributed by atoms with van der Waals surface area (Å²) < 4.78 is 0. The maximum atomic E-state index is 11.9. The minimum absolute atomic E-state index is 0.0394. The van der Waals surface area contributed by atoms with Crippen molar-refractivity contribution < 1.29 is 9.59 Å². The second-order valence-electron chi connectivity index (χ2n) is 5.22. The fraction of sp³-hybridized carbons (Fsp3) is 0.500. The zero-order valence-electron chi connectivity index (χ0n) is 13.0. The first-order valence-electron chi connectivity index (χ1n) is 7.23. The number of carbonyl (C=O) groups is 2. The number of carbonyl (C=O) groups excluding carboxylic acids is 2. The van der Waals surface area contributed by atoms with Gasteiger partial charge in [0.05, 0.1) is 17.3 Å². The Labute approximate surface area is 131 Å². The predicted molar refractivity (Wildman–Crippen MR) is 86.6 cm³/mol. The van der Waals surface area contributed by atoms with Crippen molar-refractivity contribution in [1.82, 2.24) is 5.32 Å². The molecule has 0 bridgehead atoms. The molecule has 0 aliphatic carbocycles. The molecule has 116 valence electrons. The second-order valence-corrected chi connectivity index (χ2v) is 5.63. The van der Waals surface area contributed by atoms with E-state index in [1.165, 1.54) is 0 Å². The van der Waals surface area contributed by atoms with Crippen molar-refractivity contribution in [3.63, 3.8) is 0 Å². The Bertz CT molecular complexity index is 502. The molecule has 1 aromatic rings. The third kappa shape index (κ3) is 5.05. The van der Waals surface area contributed by atoms with Gasteiger partial charge in [-0.2, -0.15) is 0 Å². The minimum Gasteiger partial charge on any atom is -0.347 e. The molecule has 4 nitrogen and oxygen atoms in total. The van der Waals surface area contributed by atoms with Crippen LogP contribution in [0.2, 0.25) is 5.02 Å². The largest absolute Gasteiger partial charge is 0.347 e. The first-order chi connectivity index (χ1) is 9.88. The van der Waals surface area contributed by atoms with Crippen molar-refractivity contribution in [3.05, 3.63) is 28.3 Å². The number of hydrogen-bond acceptors (Lipinski definition) is 2. The molecular formula is C16H23ClN2O2. The molecule has 0 spiro atoms. The summed E-state index contributed by atoms with van der Waals surface area (Å²) in [5.74, 6) is -0.396. The minimum atomic E-state index is -0.275. The molecule has 0 atom stereocenters. The standard InChI is InChI=1S/C16H23ClN2O2/c1-5-12(6-2)16(21)18-9-14(20)19-15-11(4)7-10(3)8-13(15)17/h7-8,12H,5-6,9H2,1-4H3,(H,18,21)(H,19,20). The molecule has 1 aromatic carbocycles. The monoisotopic (exact) mass is 310 g/mol. The average molecular weight is 311 g/mol. The van der Waals surface area contributed by atoms with Gasteiger partial charge < -0.3 is 10.6 Å². The van der Waals surface area contributed by atoms with Gasteiger partial charge in [-0.25, -0.2) is 0 Å². The molecule has 0 unspecified atom stereocenters. The van der Waals surface area contributed by atoms with E-state index in [0.717, 1.165) is 24.0 Å². The number of anilines is 1. The quantitative estimate of drug-likeness (QED) is 0.845. The lowest BCUT2D eigenvalue weighted by atomic mass is 10.0. The van der Waals surface area contributed by atoms with E-state index in [1.54, 1.807) is 6.07 Å². The first-order valence-corrected chi connectivity index (χ1v) is 7.61. The third-order valence-corrected chi connectivity index (χ3v) is 3.77. The highest BCUT2D eigenvalue weighted by atomic mass is 35.5. The highest BCUT2D eigenvalue weighted by Crippen LogP contribution is 2.27. The maximum Gasteiger partial charge on any atom is 0.243 e. The first kappa shape index (κ1) is 17.5. The van der Waals surface area contributed by atoms with Gasteiger partial charge in [0.25, 0.3) is 0 Å². The Hall–Kier alpha value is -1.55. The van der Waals surface area contributed by atoms with Crippen LogP contribution in [0.25, 0.3) is 0 Å². The Morgan fingerprint density at radius 3 is 2.33 bits per heavy atom. The van der Waals surface area contributed by atoms with E-state index in [4.69, 9.17) is 11.6 Å². The molecule has 21 heavy (non-hydrogen) atoms. The highest BCUT2D eigenvalue weighted by Gasteiger charge is 2.15. The van der Waals surface area contributed by atoms with Gasteiger partial charge in [-0.3, -0.25) is 9.59 Å². The fourth-order valence-electron chi connectivity index (χ4n) is 2.23. The second kappa shape index (κ2) is 8.03. The number of benzene rings is 1. The molecule has 5 heteroatoms. The summed E-state index contributed by atoms with van der Waals surface area (Å²) in [6.45, 7) is 7.71. The van der Waals surface area contributed by atoms with Crippen LogP contribution in [0.3, 0.4) is 0 Å². The van der Waals surface area contributed by atoms with Crippen LogP contribution in [0.4, 0.5) is 5.69 Å². The van der Waals surface area contributed by atoms with E-state index in [1.807, 2.05) is 33.8 Å². The van der Waals surface area contributed by atoms with Crippen molar-refractivity contribution in [1.29, 1.82) is 0 Å². The van der Waals surface area contributed by atoms with Crippen LogP contribution < -0.4 is 10.6 Å². The fourth-order valence-corrected chi connectivity index (χ4v) is 2.60. The number of rotatable bonds is 6. The lowest BCUT2D eigenvalue weighted by Gasteiger charge is -2.14. The van der Waals surface area contributed by atoms with E-state index in [0.29, 0.717) is 10.7 Å². The normalized spacial score (nSPS) is 10.6. The van der Waals surface area contributed by atoms with E-state index in [9.17, 15) is 9.59 Å². The van der Waals surface area contributed by atoms with Crippen LogP contribution in [0.5, 0.6) is 0 Å². The van der Waals surface area contributed by atoms with Crippen LogP contribution >= 0.6 is 11.6 Å². The molecule has 0 aliphatic heterocycles. The lowest BCUT2D eigenvalue weighted by Crippen LogP contribution is -2.36. The van der Waals surface area contributed by atoms with E-state index >= 15 is 0 Å². The number of nitrogens with one attached hydrogen (secondary N) is 2. The summed E-state index contributed by atoms with van der Waals surface area (Å²) in [4.78, 5) is 23.7. The van der Waals surface area contributed by atoms with Crippen molar-refractivity contribution in [3.8, 4) is 0 Å². The topological polar surface area (TPSA) is 58.2 Å². The molecule has 2 amide bonds. The van der Waals surface area contributed by atoms with Gasteiger partial charge in [-0.15, -0.1) is 0 Å². The van der Waals surface area contributed by atoms with Gasteiger partial charge in [0, 0.05) is 5.92 Å². The number of aryl methyl sites for hydroxylation is 2. The zero-order valence-corrected chi connectivity index (χ0v) is 13.8. The molecule has 0 saturated carbocycles. The lowest BCUT2D eigenvalue weighted by molar-refractivity contribution is -0.127. The molecular weight excluding hydrogens is 288 g/mol. The van der Waals surface area contributed by atoms with E-state index in [2.05, 4.69) is 10.6 Å². The number of hydrogen-bond donors (Lipinski definition) is 2. The molecule has 2 N–H and O–H groups in total. The highest BCUT2D eigenvalue weighted by molar-refractivity contribution is 6.34. The third-order valence-electron chi connectivity index (χ3n) is 3.48. The van der Waals surface area contributed by atoms with Gasteiger partial charge in [0.1, 0.15) is 0 Å². The van der Waals surface area contributed by atoms with Gasteiger partial charge in [-0.1, -0.05) is 31.5 Å². The van der Waals surface area contributed by atoms with E-state index < -0.39 is 0 Å². The average Bonchev–Trinajstić information content (AvgIpc) is 2.42. The van der Waals surface area contributed by atoms with E-state index in [-0.39, 0.29) is 24.3 Å². The summed E-state index contributed by atoms with van der Waals surface area (Å²) in [6.07, 6.45) is 1.54. The van der Waals surface area contributed by atoms with Crippen LogP contribution in [-0.2, 0) is 9.59 Å². The predicted octanol–water partition coefficient (Wildman–Crippen LogP) is 3.45. The summed E-state index contributed by atoms with van der Waals surface area (Å²) in [7, 11) is 0. The zero-order chi connectivity index (χ0) is 16.0. The maximum absolute atomic E-state index is 11.9. The Morgan fingerprint density at radius 2 is 1.81 bits per heavy atom. The molecule has 0 heterocycles. The Kier molecular flexibility index (Phi) is 6.69. The van der Waals surface area contributed by atoms with Crippen molar-refractivity contribution in [2.24, 2.45) is 5.92 Å². The molecule has 0 radical (unpaired) electrons. The molecule has 0 saturated heterocycles. The van der Waals surface area contributed by atoms with Crippen molar-refractivity contribution in [2.45, 2.75) is 40.5 Å². The smallest absolute Gasteiger partial charge is 0.243 e. The van der Waals surface area contributed by atoms with Gasteiger partial charge >= 0.3 is 0 Å². The van der Waals surface area contributed by atoms with Crippen molar-refractivity contribution >= 4 is 29.1 Å². The van der Waals surface area contributed by atoms with Gasteiger partial charge in [0.15, 0.2) is 0 Å². The Balaban J connectivity index is 2.61. The van der Waals surface area contributed by atoms with Crippen LogP contribution in [0.15, 0.2) is 12.1 Å². The molecule has 0 fully saturated rings. The van der Waals surface area contributed by atoms with Crippen LogP contribution in [0, 0.1) is 19.8 Å². The summed E-state index contributed by atoms with van der Waals surface area (Å²) in [5, 5.41) is 5.92. The van der Waals surface area contributed by atoms with Crippen LogP contribution in [-0.4, -0.2) is 18.4 Å².